The first-order valence-electron chi connectivity index (χ1n) is 21.5. The molecule has 24 nitrogen and oxygen atoms in total. The molecule has 2 fully saturated rings. The van der Waals surface area contributed by atoms with Crippen LogP contribution in [0, 0.1) is 0 Å². The Bertz CT molecular complexity index is 2050. The molecule has 13 N–H and O–H groups in total. The Balaban J connectivity index is 1.47. The highest BCUT2D eigenvalue weighted by molar-refractivity contribution is 7.80. The van der Waals surface area contributed by atoms with Crippen LogP contribution >= 0.6 is 25.3 Å². The maximum atomic E-state index is 14.0. The van der Waals surface area contributed by atoms with Crippen molar-refractivity contribution in [3.05, 3.63) is 54.1 Å². The maximum Gasteiger partial charge on any atom is 0.327 e. The van der Waals surface area contributed by atoms with Gasteiger partial charge < -0.3 is 72.8 Å². The molecule has 0 saturated carbocycles. The van der Waals surface area contributed by atoms with E-state index in [2.05, 4.69) is 67.1 Å². The second-order valence-corrected chi connectivity index (χ2v) is 16.8. The fourth-order valence-corrected chi connectivity index (χ4v) is 7.93. The van der Waals surface area contributed by atoms with Crippen molar-refractivity contribution in [1.82, 2.24) is 51.7 Å². The molecular formula is C41H59N11O13S2. The van der Waals surface area contributed by atoms with E-state index >= 15 is 0 Å². The number of carboxylic acids is 1. The number of nitrogens with two attached hydrogens (primary N) is 1. The van der Waals surface area contributed by atoms with Gasteiger partial charge in [-0.2, -0.15) is 25.3 Å². The van der Waals surface area contributed by atoms with Crippen molar-refractivity contribution in [1.29, 1.82) is 0 Å². The zero-order chi connectivity index (χ0) is 49.4. The van der Waals surface area contributed by atoms with Crippen LogP contribution in [0.2, 0.25) is 0 Å². The Labute approximate surface area is 396 Å². The van der Waals surface area contributed by atoms with Crippen molar-refractivity contribution < 1.29 is 63.6 Å². The predicted molar refractivity (Wildman–Crippen MR) is 243 cm³/mol. The van der Waals surface area contributed by atoms with E-state index in [4.69, 9.17) is 5.73 Å². The van der Waals surface area contributed by atoms with Crippen LogP contribution in [0.1, 0.15) is 43.9 Å². The predicted octanol–water partition coefficient (Wildman–Crippen LogP) is -5.28. The third-order valence-electron chi connectivity index (χ3n) is 11.2. The van der Waals surface area contributed by atoms with Gasteiger partial charge in [0.25, 0.3) is 0 Å². The Morgan fingerprint density at radius 3 is 1.75 bits per heavy atom. The van der Waals surface area contributed by atoms with Crippen LogP contribution in [-0.4, -0.2) is 192 Å². The number of aromatic nitrogens is 2. The first-order valence-corrected chi connectivity index (χ1v) is 22.7. The van der Waals surface area contributed by atoms with Crippen LogP contribution in [0.15, 0.2) is 42.9 Å². The summed E-state index contributed by atoms with van der Waals surface area (Å²) in [6.07, 6.45) is 1.97. The van der Waals surface area contributed by atoms with Crippen LogP contribution in [0.3, 0.4) is 0 Å². The molecule has 3 heterocycles. The van der Waals surface area contributed by atoms with Gasteiger partial charge in [0.05, 0.1) is 31.7 Å². The summed E-state index contributed by atoms with van der Waals surface area (Å²) in [6, 6.07) is -3.90. The highest BCUT2D eigenvalue weighted by Gasteiger charge is 2.43. The van der Waals surface area contributed by atoms with E-state index in [-0.39, 0.29) is 50.3 Å². The highest BCUT2D eigenvalue weighted by Crippen LogP contribution is 2.22. The smallest absolute Gasteiger partial charge is 0.327 e. The number of carbonyl (C=O) groups is 9. The zero-order valence-electron chi connectivity index (χ0n) is 36.6. The molecule has 8 amide bonds. The van der Waals surface area contributed by atoms with Crippen molar-refractivity contribution in [3.8, 4) is 0 Å². The number of H-pyrrole nitrogens is 1. The van der Waals surface area contributed by atoms with Gasteiger partial charge in [-0.05, 0) is 38.2 Å². The van der Waals surface area contributed by atoms with Gasteiger partial charge in [-0.1, -0.05) is 30.3 Å². The van der Waals surface area contributed by atoms with Crippen molar-refractivity contribution in [2.45, 2.75) is 106 Å². The molecule has 4 rings (SSSR count). The van der Waals surface area contributed by atoms with E-state index in [1.807, 2.05) is 0 Å². The van der Waals surface area contributed by atoms with Gasteiger partial charge >= 0.3 is 5.97 Å². The number of carbonyl (C=O) groups excluding carboxylic acids is 8. The molecule has 0 unspecified atom stereocenters. The Morgan fingerprint density at radius 2 is 1.24 bits per heavy atom. The Morgan fingerprint density at radius 1 is 0.716 bits per heavy atom. The molecule has 2 saturated heterocycles. The number of likely N-dealkylation sites (tertiary alicyclic amines) is 2. The number of aliphatic hydroxyl groups is 3. The van der Waals surface area contributed by atoms with Crippen LogP contribution < -0.4 is 37.6 Å². The van der Waals surface area contributed by atoms with E-state index in [1.54, 1.807) is 30.3 Å². The molecule has 0 radical (unpaired) electrons. The number of carboxylic acid groups (broad SMARTS) is 1. The second kappa shape index (κ2) is 25.9. The highest BCUT2D eigenvalue weighted by atomic mass is 32.1. The van der Waals surface area contributed by atoms with Gasteiger partial charge in [0.1, 0.15) is 48.3 Å². The number of nitrogens with one attached hydrogen (secondary N) is 7. The third kappa shape index (κ3) is 14.8. The minimum Gasteiger partial charge on any atom is -0.480 e. The number of benzene rings is 1. The second-order valence-electron chi connectivity index (χ2n) is 16.1. The molecule has 2 aromatic rings. The van der Waals surface area contributed by atoms with Crippen LogP contribution in [0.25, 0.3) is 0 Å². The summed E-state index contributed by atoms with van der Waals surface area (Å²) in [5.74, 6) is -8.51. The number of amides is 8. The third-order valence-corrected chi connectivity index (χ3v) is 12.0. The number of aromatic amines is 1. The number of rotatable bonds is 24. The molecule has 10 atom stereocenters. The quantitative estimate of drug-likeness (QED) is 0.0437. The van der Waals surface area contributed by atoms with Gasteiger partial charge in [-0.25, -0.2) is 9.78 Å². The topological polar surface area (TPSA) is 368 Å². The van der Waals surface area contributed by atoms with Crippen LogP contribution in [0.5, 0.6) is 0 Å². The normalized spacial score (nSPS) is 19.3. The summed E-state index contributed by atoms with van der Waals surface area (Å²) in [5.41, 5.74) is 6.68. The van der Waals surface area contributed by atoms with E-state index < -0.39 is 127 Å². The molecule has 2 aliphatic rings. The number of nitrogens with zero attached hydrogens (tertiary/aromatic N) is 3. The first kappa shape index (κ1) is 53.8. The minimum absolute atomic E-state index is 0.0261. The van der Waals surface area contributed by atoms with Crippen molar-refractivity contribution in [3.63, 3.8) is 0 Å². The number of hydrogen-bond donors (Lipinski definition) is 14. The molecule has 0 spiro atoms. The molecule has 67 heavy (non-hydrogen) atoms. The van der Waals surface area contributed by atoms with Crippen molar-refractivity contribution in [2.75, 3.05) is 37.8 Å². The largest absolute Gasteiger partial charge is 0.480 e. The van der Waals surface area contributed by atoms with Gasteiger partial charge in [0.15, 0.2) is 0 Å². The molecule has 1 aromatic carbocycles. The monoisotopic (exact) mass is 977 g/mol. The number of imidazole rings is 1. The summed E-state index contributed by atoms with van der Waals surface area (Å²) < 4.78 is 0. The summed E-state index contributed by atoms with van der Waals surface area (Å²) >= 11 is 7.93. The van der Waals surface area contributed by atoms with E-state index in [0.717, 1.165) is 9.80 Å². The lowest BCUT2D eigenvalue weighted by Crippen LogP contribution is -2.61. The lowest BCUT2D eigenvalue weighted by Gasteiger charge is -2.32. The summed E-state index contributed by atoms with van der Waals surface area (Å²) in [7, 11) is 0. The lowest BCUT2D eigenvalue weighted by atomic mass is 10.0. The van der Waals surface area contributed by atoms with Crippen LogP contribution in [-0.2, 0) is 56.0 Å². The van der Waals surface area contributed by atoms with E-state index in [1.165, 1.54) is 19.4 Å². The average Bonchev–Trinajstić information content (AvgIpc) is 4.13. The van der Waals surface area contributed by atoms with Gasteiger partial charge in [-0.15, -0.1) is 0 Å². The lowest BCUT2D eigenvalue weighted by molar-refractivity contribution is -0.146. The number of aliphatic carboxylic acids is 1. The maximum absolute atomic E-state index is 14.0. The van der Waals surface area contributed by atoms with Crippen LogP contribution in [0.4, 0.5) is 0 Å². The van der Waals surface area contributed by atoms with E-state index in [9.17, 15) is 63.6 Å². The molecule has 368 valence electrons. The number of aliphatic hydroxyl groups excluding tert-OH is 3. The molecular weight excluding hydrogens is 919 g/mol. The molecule has 26 heteroatoms. The Kier molecular flexibility index (Phi) is 20.8. The molecule has 0 aliphatic carbocycles. The number of hydrogen-bond acceptors (Lipinski definition) is 16. The minimum atomic E-state index is -1.68. The van der Waals surface area contributed by atoms with Gasteiger partial charge in [0, 0.05) is 49.3 Å². The zero-order valence-corrected chi connectivity index (χ0v) is 38.4. The van der Waals surface area contributed by atoms with Gasteiger partial charge in [0.2, 0.25) is 47.3 Å². The first-order chi connectivity index (χ1) is 31.9. The van der Waals surface area contributed by atoms with Crippen molar-refractivity contribution >= 4 is 78.5 Å². The van der Waals surface area contributed by atoms with Gasteiger partial charge in [-0.3, -0.25) is 38.4 Å². The Hall–Kier alpha value is -5.80. The number of thiol groups is 2. The fraction of sp³-hybridized carbons (Fsp3) is 0.561. The molecule has 0 bridgehead atoms. The summed E-state index contributed by atoms with van der Waals surface area (Å²) in [4.78, 5) is 129. The van der Waals surface area contributed by atoms with Crippen molar-refractivity contribution in [2.24, 2.45) is 5.73 Å². The molecule has 1 aromatic heterocycles. The standard InChI is InChI=1S/C41H59N11O13S2/c1-21(55)32(50-33(56)24(42)18-66)40(63)52-12-6-10-31(52)38(61)48-28(17-54)39(62)51-11-5-9-30(51)37(60)46-25(13-22-7-3-2-4-8-22)34(57)47-27(16-53)36(59)45-26(14-23-15-43-20-44-23)35(58)49-29(19-67)41(64)65/h2-4,7-8,15,20-21,24-32,53-55,66-67H,5-6,9-14,16-19,42H2,1H3,(H,43,44)(H,45,59)(H,46,60)(H,47,57)(H,48,61)(H,49,58)(H,50,56)(H,64,65)/t21-,24+,25+,26+,27+,28+,29+,30+,31+,32+/m1/s1. The molecule has 2 aliphatic heterocycles. The average molecular weight is 978 g/mol. The fourth-order valence-electron chi connectivity index (χ4n) is 7.52. The summed E-state index contributed by atoms with van der Waals surface area (Å²) in [6.45, 7) is -0.475. The SMILES string of the molecule is C[C@@H](O)[C@H](NC(=O)[C@@H](N)CS)C(=O)N1CCC[C@H]1C(=O)N[C@@H](CO)C(=O)N1CCC[C@H]1C(=O)N[C@@H](Cc1ccccc1)C(=O)N[C@@H](CO)C(=O)N[C@@H](Cc1cnc[nH]1)C(=O)N[C@@H](CS)C(=O)O. The van der Waals surface area contributed by atoms with E-state index in [0.29, 0.717) is 24.1 Å². The summed E-state index contributed by atoms with van der Waals surface area (Å²) in [5, 5.41) is 55.0.